The third-order valence-electron chi connectivity index (χ3n) is 2.80. The molecule has 2 N–H and O–H groups in total. The molecule has 1 aromatic rings. The maximum absolute atomic E-state index is 10.1. The van der Waals surface area contributed by atoms with Gasteiger partial charge in [0, 0.05) is 6.54 Å². The van der Waals surface area contributed by atoms with Gasteiger partial charge in [-0.25, -0.2) is 4.98 Å². The van der Waals surface area contributed by atoms with Gasteiger partial charge in [-0.3, -0.25) is 0 Å². The van der Waals surface area contributed by atoms with Crippen molar-refractivity contribution < 1.29 is 5.11 Å². The van der Waals surface area contributed by atoms with E-state index in [-0.39, 0.29) is 0 Å². The molecule has 1 atom stereocenters. The molecule has 0 radical (unpaired) electrons. The van der Waals surface area contributed by atoms with Crippen molar-refractivity contribution in [1.29, 1.82) is 0 Å². The number of anilines is 1. The molecule has 1 saturated carbocycles. The van der Waals surface area contributed by atoms with E-state index in [0.29, 0.717) is 23.4 Å². The lowest BCUT2D eigenvalue weighted by Gasteiger charge is -2.23. The minimum Gasteiger partial charge on any atom is -0.388 e. The van der Waals surface area contributed by atoms with Crippen molar-refractivity contribution in [2.24, 2.45) is 5.92 Å². The lowest BCUT2D eigenvalue weighted by molar-refractivity contribution is 0.0502. The monoisotopic (exact) mass is 226 g/mol. The van der Waals surface area contributed by atoms with Gasteiger partial charge in [0.25, 0.3) is 0 Å². The molecule has 1 aliphatic rings. The van der Waals surface area contributed by atoms with Gasteiger partial charge in [-0.15, -0.1) is 0 Å². The Morgan fingerprint density at radius 3 is 2.93 bits per heavy atom. The largest absolute Gasteiger partial charge is 0.388 e. The zero-order valence-corrected chi connectivity index (χ0v) is 9.46. The van der Waals surface area contributed by atoms with Crippen molar-refractivity contribution in [3.05, 3.63) is 23.4 Å². The summed E-state index contributed by atoms with van der Waals surface area (Å²) in [7, 11) is 0. The predicted molar refractivity (Wildman–Crippen MR) is 61.1 cm³/mol. The molecule has 1 heterocycles. The molecule has 1 aliphatic carbocycles. The minimum absolute atomic E-state index is 0.434. The maximum atomic E-state index is 10.1. The number of hydrogen-bond donors (Lipinski definition) is 2. The smallest absolute Gasteiger partial charge is 0.131 e. The number of rotatable bonds is 4. The van der Waals surface area contributed by atoms with Crippen LogP contribution in [0.2, 0.25) is 5.15 Å². The zero-order chi connectivity index (χ0) is 10.9. The van der Waals surface area contributed by atoms with Gasteiger partial charge in [-0.05, 0) is 37.8 Å². The first-order valence-corrected chi connectivity index (χ1v) is 5.54. The van der Waals surface area contributed by atoms with E-state index in [1.165, 1.54) is 0 Å². The summed E-state index contributed by atoms with van der Waals surface area (Å²) in [5.41, 5.74) is -0.635. The number of nitrogens with zero attached hydrogens (tertiary/aromatic N) is 1. The Morgan fingerprint density at radius 2 is 2.33 bits per heavy atom. The molecule has 2 rings (SSSR count). The highest BCUT2D eigenvalue weighted by Gasteiger charge is 2.39. The first-order chi connectivity index (χ1) is 7.08. The minimum atomic E-state index is -0.635. The fraction of sp³-hybridized carbons (Fsp3) is 0.545. The van der Waals surface area contributed by atoms with Gasteiger partial charge in [0.1, 0.15) is 11.0 Å². The number of pyridine rings is 1. The van der Waals surface area contributed by atoms with Crippen LogP contribution in [0.3, 0.4) is 0 Å². The van der Waals surface area contributed by atoms with Crippen LogP contribution in [0.1, 0.15) is 19.8 Å². The molecule has 0 spiro atoms. The molecule has 4 heteroatoms. The van der Waals surface area contributed by atoms with Crippen LogP contribution < -0.4 is 5.32 Å². The molecule has 0 bridgehead atoms. The highest BCUT2D eigenvalue weighted by atomic mass is 35.5. The lowest BCUT2D eigenvalue weighted by atomic mass is 10.0. The van der Waals surface area contributed by atoms with Gasteiger partial charge >= 0.3 is 0 Å². The number of aliphatic hydroxyl groups is 1. The van der Waals surface area contributed by atoms with E-state index in [9.17, 15) is 5.11 Å². The number of aromatic nitrogens is 1. The standard InChI is InChI=1S/C11H15ClN2O/c1-11(15,8-5-6-8)7-13-10-4-2-3-9(12)14-10/h2-4,8,15H,5-7H2,1H3,(H,13,14). The summed E-state index contributed by atoms with van der Waals surface area (Å²) in [4.78, 5) is 4.10. The van der Waals surface area contributed by atoms with Crippen LogP contribution >= 0.6 is 11.6 Å². The molecule has 1 unspecified atom stereocenters. The molecule has 0 aliphatic heterocycles. The summed E-state index contributed by atoms with van der Waals surface area (Å²) < 4.78 is 0. The predicted octanol–water partition coefficient (Wildman–Crippen LogP) is 2.31. The van der Waals surface area contributed by atoms with Crippen LogP contribution in [0.5, 0.6) is 0 Å². The van der Waals surface area contributed by atoms with Crippen molar-refractivity contribution >= 4 is 17.4 Å². The molecule has 1 aromatic heterocycles. The molecule has 1 fully saturated rings. The van der Waals surface area contributed by atoms with E-state index in [2.05, 4.69) is 10.3 Å². The Balaban J connectivity index is 1.92. The van der Waals surface area contributed by atoms with Gasteiger partial charge in [0.05, 0.1) is 5.60 Å². The first-order valence-electron chi connectivity index (χ1n) is 5.17. The summed E-state index contributed by atoms with van der Waals surface area (Å²) >= 11 is 5.76. The maximum Gasteiger partial charge on any atom is 0.131 e. The van der Waals surface area contributed by atoms with Crippen LogP contribution in [0.15, 0.2) is 18.2 Å². The Hall–Kier alpha value is -0.800. The van der Waals surface area contributed by atoms with E-state index in [1.54, 1.807) is 6.07 Å². The van der Waals surface area contributed by atoms with Crippen LogP contribution in [-0.2, 0) is 0 Å². The Morgan fingerprint density at radius 1 is 1.60 bits per heavy atom. The normalized spacial score (nSPS) is 19.7. The van der Waals surface area contributed by atoms with E-state index in [1.807, 2.05) is 19.1 Å². The average molecular weight is 227 g/mol. The second-order valence-electron chi connectivity index (χ2n) is 4.33. The van der Waals surface area contributed by atoms with Crippen molar-refractivity contribution in [3.63, 3.8) is 0 Å². The summed E-state index contributed by atoms with van der Waals surface area (Å²) in [6.07, 6.45) is 2.25. The van der Waals surface area contributed by atoms with Gasteiger partial charge in [-0.2, -0.15) is 0 Å². The fourth-order valence-electron chi connectivity index (χ4n) is 1.63. The van der Waals surface area contributed by atoms with E-state index < -0.39 is 5.60 Å². The van der Waals surface area contributed by atoms with Crippen LogP contribution in [0.4, 0.5) is 5.82 Å². The number of hydrogen-bond acceptors (Lipinski definition) is 3. The molecule has 0 amide bonds. The molecular formula is C11H15ClN2O. The van der Waals surface area contributed by atoms with Crippen LogP contribution in [0, 0.1) is 5.92 Å². The zero-order valence-electron chi connectivity index (χ0n) is 8.70. The second kappa shape index (κ2) is 3.99. The topological polar surface area (TPSA) is 45.1 Å². The first kappa shape index (κ1) is 10.7. The second-order valence-corrected chi connectivity index (χ2v) is 4.72. The van der Waals surface area contributed by atoms with E-state index in [4.69, 9.17) is 11.6 Å². The number of halogens is 1. The SMILES string of the molecule is CC(O)(CNc1cccc(Cl)n1)C1CC1. The third-order valence-corrected chi connectivity index (χ3v) is 3.01. The number of nitrogens with one attached hydrogen (secondary N) is 1. The highest BCUT2D eigenvalue weighted by molar-refractivity contribution is 6.29. The van der Waals surface area contributed by atoms with Crippen molar-refractivity contribution in [3.8, 4) is 0 Å². The average Bonchev–Trinajstić information content (AvgIpc) is 2.98. The van der Waals surface area contributed by atoms with Gasteiger partial charge in [-0.1, -0.05) is 17.7 Å². The fourth-order valence-corrected chi connectivity index (χ4v) is 1.79. The van der Waals surface area contributed by atoms with Crippen molar-refractivity contribution in [1.82, 2.24) is 4.98 Å². The Bertz CT molecular complexity index is 350. The Labute approximate surface area is 94.5 Å². The molecule has 0 saturated heterocycles. The van der Waals surface area contributed by atoms with E-state index >= 15 is 0 Å². The van der Waals surface area contributed by atoms with Crippen LogP contribution in [-0.4, -0.2) is 22.2 Å². The van der Waals surface area contributed by atoms with Gasteiger partial charge < -0.3 is 10.4 Å². The summed E-state index contributed by atoms with van der Waals surface area (Å²) in [5, 5.41) is 13.6. The molecule has 15 heavy (non-hydrogen) atoms. The van der Waals surface area contributed by atoms with Crippen LogP contribution in [0.25, 0.3) is 0 Å². The summed E-state index contributed by atoms with van der Waals surface area (Å²) in [6, 6.07) is 5.41. The summed E-state index contributed by atoms with van der Waals surface area (Å²) in [6.45, 7) is 2.38. The highest BCUT2D eigenvalue weighted by Crippen LogP contribution is 2.39. The lowest BCUT2D eigenvalue weighted by Crippen LogP contribution is -2.35. The molecule has 0 aromatic carbocycles. The van der Waals surface area contributed by atoms with Crippen molar-refractivity contribution in [2.75, 3.05) is 11.9 Å². The molecule has 82 valence electrons. The Kier molecular flexibility index (Phi) is 2.85. The quantitative estimate of drug-likeness (QED) is 0.775. The van der Waals surface area contributed by atoms with Gasteiger partial charge in [0.2, 0.25) is 0 Å². The van der Waals surface area contributed by atoms with Gasteiger partial charge in [0.15, 0.2) is 0 Å². The van der Waals surface area contributed by atoms with Crippen molar-refractivity contribution in [2.45, 2.75) is 25.4 Å². The van der Waals surface area contributed by atoms with E-state index in [0.717, 1.165) is 12.8 Å². The molecule has 3 nitrogen and oxygen atoms in total. The third kappa shape index (κ3) is 2.83. The molecular weight excluding hydrogens is 212 g/mol. The summed E-state index contributed by atoms with van der Waals surface area (Å²) in [5.74, 6) is 1.15.